The van der Waals surface area contributed by atoms with Gasteiger partial charge in [-0.1, -0.05) is 26.6 Å². The van der Waals surface area contributed by atoms with E-state index in [0.29, 0.717) is 12.2 Å². The third kappa shape index (κ3) is 7.19. The van der Waals surface area contributed by atoms with E-state index in [4.69, 9.17) is 0 Å². The van der Waals surface area contributed by atoms with Crippen LogP contribution in [0.2, 0.25) is 5.82 Å². The highest BCUT2D eigenvalue weighted by Gasteiger charge is 2.24. The lowest BCUT2D eigenvalue weighted by molar-refractivity contribution is -0.130. The first-order valence-electron chi connectivity index (χ1n) is 6.53. The van der Waals surface area contributed by atoms with Gasteiger partial charge in [0.15, 0.2) is 0 Å². The van der Waals surface area contributed by atoms with Crippen LogP contribution in [0.4, 0.5) is 0 Å². The first-order valence-corrected chi connectivity index (χ1v) is 6.53. The van der Waals surface area contributed by atoms with Crippen LogP contribution in [0.1, 0.15) is 47.5 Å². The predicted octanol–water partition coefficient (Wildman–Crippen LogP) is 1.57. The summed E-state index contributed by atoms with van der Waals surface area (Å²) in [5.74, 6) is 0.668. The standard InChI is InChI=1S/C13H26BNO2/c1-8(2)12(7-11(5)16)13(17)15-10(4)6-9(3)14/h8-10,12H,6-7,14H2,1-5H3,(H,15,17). The van der Waals surface area contributed by atoms with Crippen molar-refractivity contribution in [1.29, 1.82) is 0 Å². The SMILES string of the molecule is BC(C)CC(C)NC(=O)C(CC(C)=O)C(C)C. The number of hydrogen-bond acceptors (Lipinski definition) is 2. The van der Waals surface area contributed by atoms with Crippen LogP contribution >= 0.6 is 0 Å². The molecular formula is C13H26BNO2. The molecule has 17 heavy (non-hydrogen) atoms. The molecule has 0 saturated carbocycles. The van der Waals surface area contributed by atoms with Gasteiger partial charge in [-0.15, -0.1) is 0 Å². The Labute approximate surface area is 106 Å². The van der Waals surface area contributed by atoms with Crippen LogP contribution in [0.5, 0.6) is 0 Å². The zero-order chi connectivity index (χ0) is 13.6. The van der Waals surface area contributed by atoms with E-state index in [9.17, 15) is 9.59 Å². The van der Waals surface area contributed by atoms with Gasteiger partial charge in [0, 0.05) is 18.4 Å². The van der Waals surface area contributed by atoms with E-state index in [1.807, 2.05) is 20.8 Å². The van der Waals surface area contributed by atoms with Gasteiger partial charge in [0.25, 0.3) is 0 Å². The summed E-state index contributed by atoms with van der Waals surface area (Å²) in [7, 11) is 2.14. The summed E-state index contributed by atoms with van der Waals surface area (Å²) in [6, 6.07) is 0.177. The average Bonchev–Trinajstić information content (AvgIpc) is 2.11. The van der Waals surface area contributed by atoms with E-state index in [0.717, 1.165) is 6.42 Å². The minimum absolute atomic E-state index is 0.0170. The molecule has 0 aliphatic carbocycles. The lowest BCUT2D eigenvalue weighted by Gasteiger charge is -2.23. The first kappa shape index (κ1) is 16.2. The van der Waals surface area contributed by atoms with Crippen molar-refractivity contribution < 1.29 is 9.59 Å². The highest BCUT2D eigenvalue weighted by molar-refractivity contribution is 6.11. The molecule has 1 N–H and O–H groups in total. The fourth-order valence-corrected chi connectivity index (χ4v) is 2.06. The van der Waals surface area contributed by atoms with Gasteiger partial charge in [-0.2, -0.15) is 0 Å². The molecule has 0 heterocycles. The molecule has 0 fully saturated rings. The van der Waals surface area contributed by atoms with Crippen LogP contribution in [0.15, 0.2) is 0 Å². The summed E-state index contributed by atoms with van der Waals surface area (Å²) in [6.07, 6.45) is 1.31. The Morgan fingerprint density at radius 2 is 1.71 bits per heavy atom. The molecule has 1 amide bonds. The van der Waals surface area contributed by atoms with Crippen LogP contribution in [0.3, 0.4) is 0 Å². The van der Waals surface area contributed by atoms with Crippen LogP contribution < -0.4 is 5.32 Å². The number of hydrogen-bond donors (Lipinski definition) is 1. The quantitative estimate of drug-likeness (QED) is 0.685. The second-order valence-electron chi connectivity index (χ2n) is 5.80. The highest BCUT2D eigenvalue weighted by Crippen LogP contribution is 2.17. The number of amides is 1. The molecule has 0 aliphatic rings. The third-order valence-corrected chi connectivity index (χ3v) is 2.86. The summed E-state index contributed by atoms with van der Waals surface area (Å²) in [5.41, 5.74) is 0. The maximum Gasteiger partial charge on any atom is 0.224 e. The van der Waals surface area contributed by atoms with Crippen molar-refractivity contribution in [2.45, 2.75) is 59.3 Å². The number of rotatable bonds is 7. The molecule has 0 rings (SSSR count). The topological polar surface area (TPSA) is 46.2 Å². The lowest BCUT2D eigenvalue weighted by Crippen LogP contribution is -2.40. The summed E-state index contributed by atoms with van der Waals surface area (Å²) >= 11 is 0. The maximum absolute atomic E-state index is 12.0. The van der Waals surface area contributed by atoms with Crippen molar-refractivity contribution in [2.75, 3.05) is 0 Å². The molecule has 3 nitrogen and oxygen atoms in total. The Balaban J connectivity index is 4.37. The summed E-state index contributed by atoms with van der Waals surface area (Å²) in [4.78, 5) is 23.2. The summed E-state index contributed by atoms with van der Waals surface area (Å²) in [6.45, 7) is 9.67. The molecule has 3 unspecified atom stereocenters. The predicted molar refractivity (Wildman–Crippen MR) is 73.8 cm³/mol. The van der Waals surface area contributed by atoms with E-state index >= 15 is 0 Å². The molecule has 0 radical (unpaired) electrons. The number of carbonyl (C=O) groups excluding carboxylic acids is 2. The van der Waals surface area contributed by atoms with Crippen molar-refractivity contribution in [3.05, 3.63) is 0 Å². The number of ketones is 1. The minimum atomic E-state index is -0.192. The Morgan fingerprint density at radius 1 is 1.18 bits per heavy atom. The minimum Gasteiger partial charge on any atom is -0.353 e. The molecule has 0 spiro atoms. The van der Waals surface area contributed by atoms with Crippen LogP contribution in [-0.2, 0) is 9.59 Å². The fourth-order valence-electron chi connectivity index (χ4n) is 2.06. The highest BCUT2D eigenvalue weighted by atomic mass is 16.2. The molecule has 0 aromatic carbocycles. The van der Waals surface area contributed by atoms with Crippen molar-refractivity contribution in [3.63, 3.8) is 0 Å². The molecule has 0 saturated heterocycles. The van der Waals surface area contributed by atoms with Gasteiger partial charge >= 0.3 is 0 Å². The van der Waals surface area contributed by atoms with Crippen molar-refractivity contribution in [3.8, 4) is 0 Å². The monoisotopic (exact) mass is 239 g/mol. The van der Waals surface area contributed by atoms with Gasteiger partial charge in [-0.3, -0.25) is 4.79 Å². The first-order chi connectivity index (χ1) is 7.73. The van der Waals surface area contributed by atoms with Gasteiger partial charge in [-0.25, -0.2) is 0 Å². The Kier molecular flexibility index (Phi) is 7.16. The second-order valence-corrected chi connectivity index (χ2v) is 5.80. The lowest BCUT2D eigenvalue weighted by atomic mass is 9.84. The zero-order valence-corrected chi connectivity index (χ0v) is 12.0. The Hall–Kier alpha value is -0.795. The maximum atomic E-state index is 12.0. The second kappa shape index (κ2) is 7.52. The fraction of sp³-hybridized carbons (Fsp3) is 0.846. The Bertz CT molecular complexity index is 264. The van der Waals surface area contributed by atoms with E-state index in [2.05, 4.69) is 20.1 Å². The van der Waals surface area contributed by atoms with Gasteiger partial charge in [0.1, 0.15) is 13.6 Å². The molecule has 0 bridgehead atoms. The molecule has 4 heteroatoms. The van der Waals surface area contributed by atoms with Gasteiger partial charge in [0.2, 0.25) is 5.91 Å². The van der Waals surface area contributed by atoms with E-state index in [-0.39, 0.29) is 29.6 Å². The molecule has 3 atom stereocenters. The van der Waals surface area contributed by atoms with Crippen molar-refractivity contribution in [1.82, 2.24) is 5.32 Å². The molecule has 0 aromatic heterocycles. The van der Waals surface area contributed by atoms with Gasteiger partial charge < -0.3 is 10.1 Å². The van der Waals surface area contributed by atoms with E-state index < -0.39 is 0 Å². The molecular weight excluding hydrogens is 213 g/mol. The van der Waals surface area contributed by atoms with Gasteiger partial charge in [0.05, 0.1) is 0 Å². The molecule has 0 aromatic rings. The van der Waals surface area contributed by atoms with Crippen LogP contribution in [0.25, 0.3) is 0 Å². The smallest absolute Gasteiger partial charge is 0.224 e. The zero-order valence-electron chi connectivity index (χ0n) is 12.0. The third-order valence-electron chi connectivity index (χ3n) is 2.86. The van der Waals surface area contributed by atoms with Crippen molar-refractivity contribution in [2.24, 2.45) is 11.8 Å². The molecule has 98 valence electrons. The van der Waals surface area contributed by atoms with Crippen LogP contribution in [0, 0.1) is 11.8 Å². The van der Waals surface area contributed by atoms with Crippen molar-refractivity contribution >= 4 is 19.5 Å². The Morgan fingerprint density at radius 3 is 2.06 bits per heavy atom. The number of Topliss-reactive ketones (excluding diaryl/α,β-unsaturated/α-hetero) is 1. The molecule has 0 aliphatic heterocycles. The average molecular weight is 239 g/mol. The van der Waals surface area contributed by atoms with Gasteiger partial charge in [-0.05, 0) is 26.2 Å². The van der Waals surface area contributed by atoms with Crippen LogP contribution in [-0.4, -0.2) is 25.6 Å². The normalized spacial score (nSPS) is 16.4. The number of nitrogens with one attached hydrogen (secondary N) is 1. The van der Waals surface area contributed by atoms with E-state index in [1.165, 1.54) is 0 Å². The summed E-state index contributed by atoms with van der Waals surface area (Å²) < 4.78 is 0. The number of carbonyl (C=O) groups is 2. The van der Waals surface area contributed by atoms with E-state index in [1.54, 1.807) is 6.92 Å². The summed E-state index contributed by atoms with van der Waals surface area (Å²) in [5, 5.41) is 3.01. The largest absolute Gasteiger partial charge is 0.353 e.